The number of carbonyl (C=O) groups excluding carboxylic acids is 1. The van der Waals surface area contributed by atoms with Crippen molar-refractivity contribution in [1.82, 2.24) is 5.32 Å². The van der Waals surface area contributed by atoms with Crippen molar-refractivity contribution in [2.75, 3.05) is 12.3 Å². The van der Waals surface area contributed by atoms with E-state index in [-0.39, 0.29) is 5.91 Å². The van der Waals surface area contributed by atoms with E-state index in [1.165, 1.54) is 5.56 Å². The summed E-state index contributed by atoms with van der Waals surface area (Å²) < 4.78 is 0. The molecular weight excluding hydrogens is 214 g/mol. The zero-order chi connectivity index (χ0) is 10.2. The molecule has 0 spiro atoms. The molecule has 0 aliphatic carbocycles. The van der Waals surface area contributed by atoms with E-state index in [0.29, 0.717) is 6.42 Å². The summed E-state index contributed by atoms with van der Waals surface area (Å²) in [6, 6.07) is 2.14. The average Bonchev–Trinajstić information content (AvgIpc) is 2.69. The first-order valence-corrected chi connectivity index (χ1v) is 6.78. The Kier molecular flexibility index (Phi) is 5.71. The lowest BCUT2D eigenvalue weighted by Gasteiger charge is -2.02. The van der Waals surface area contributed by atoms with Crippen molar-refractivity contribution in [2.24, 2.45) is 0 Å². The average molecular weight is 229 g/mol. The second-order valence-corrected chi connectivity index (χ2v) is 4.77. The Labute approximate surface area is 93.1 Å². The fraction of sp³-hybridized carbons (Fsp3) is 0.500. The molecule has 0 aromatic carbocycles. The van der Waals surface area contributed by atoms with Crippen molar-refractivity contribution < 1.29 is 4.79 Å². The van der Waals surface area contributed by atoms with E-state index in [0.717, 1.165) is 18.1 Å². The van der Waals surface area contributed by atoms with Crippen LogP contribution in [0.1, 0.15) is 18.9 Å². The van der Waals surface area contributed by atoms with Crippen LogP contribution in [0.5, 0.6) is 0 Å². The summed E-state index contributed by atoms with van der Waals surface area (Å²) in [5.41, 5.74) is 1.38. The molecular formula is C10H15NOS2. The molecule has 0 unspecified atom stereocenters. The van der Waals surface area contributed by atoms with Gasteiger partial charge in [0.15, 0.2) is 0 Å². The van der Waals surface area contributed by atoms with Gasteiger partial charge in [-0.25, -0.2) is 0 Å². The summed E-state index contributed by atoms with van der Waals surface area (Å²) in [6.45, 7) is 2.65. The molecule has 1 heterocycles. The predicted molar refractivity (Wildman–Crippen MR) is 63.8 cm³/mol. The zero-order valence-corrected chi connectivity index (χ0v) is 9.92. The smallest absolute Gasteiger partial charge is 0.219 e. The fourth-order valence-electron chi connectivity index (χ4n) is 0.952. The normalized spacial score (nSPS) is 10.1. The maximum Gasteiger partial charge on any atom is 0.219 e. The van der Waals surface area contributed by atoms with Crippen LogP contribution in [0.25, 0.3) is 0 Å². The maximum absolute atomic E-state index is 10.9. The molecule has 0 aliphatic rings. The van der Waals surface area contributed by atoms with E-state index in [9.17, 15) is 4.79 Å². The van der Waals surface area contributed by atoms with Crippen LogP contribution in [0, 0.1) is 0 Å². The van der Waals surface area contributed by atoms with Gasteiger partial charge in [0.05, 0.1) is 0 Å². The second kappa shape index (κ2) is 6.90. The Bertz CT molecular complexity index is 259. The maximum atomic E-state index is 10.9. The SMILES string of the molecule is CCC(=O)NCCSCc1ccsc1. The number of hydrogen-bond acceptors (Lipinski definition) is 3. The third-order valence-electron chi connectivity index (χ3n) is 1.74. The molecule has 1 rings (SSSR count). The molecule has 0 atom stereocenters. The number of carbonyl (C=O) groups is 1. The third kappa shape index (κ3) is 4.67. The third-order valence-corrected chi connectivity index (χ3v) is 3.50. The highest BCUT2D eigenvalue weighted by Gasteiger charge is 1.96. The predicted octanol–water partition coefficient (Wildman–Crippen LogP) is 2.51. The van der Waals surface area contributed by atoms with E-state index in [2.05, 4.69) is 22.1 Å². The van der Waals surface area contributed by atoms with Crippen LogP contribution >= 0.6 is 23.1 Å². The molecule has 1 aromatic rings. The number of nitrogens with one attached hydrogen (secondary N) is 1. The van der Waals surface area contributed by atoms with Gasteiger partial charge < -0.3 is 5.32 Å². The summed E-state index contributed by atoms with van der Waals surface area (Å²) in [7, 11) is 0. The van der Waals surface area contributed by atoms with E-state index in [4.69, 9.17) is 0 Å². The summed E-state index contributed by atoms with van der Waals surface area (Å²) in [5, 5.41) is 7.11. The van der Waals surface area contributed by atoms with Crippen molar-refractivity contribution in [1.29, 1.82) is 0 Å². The van der Waals surface area contributed by atoms with Crippen molar-refractivity contribution in [2.45, 2.75) is 19.1 Å². The van der Waals surface area contributed by atoms with Gasteiger partial charge in [0.25, 0.3) is 0 Å². The van der Waals surface area contributed by atoms with E-state index >= 15 is 0 Å². The van der Waals surface area contributed by atoms with Gasteiger partial charge in [0, 0.05) is 24.5 Å². The van der Waals surface area contributed by atoms with Crippen molar-refractivity contribution >= 4 is 29.0 Å². The zero-order valence-electron chi connectivity index (χ0n) is 8.29. The minimum atomic E-state index is 0.140. The van der Waals surface area contributed by atoms with Gasteiger partial charge in [-0.2, -0.15) is 23.1 Å². The Morgan fingerprint density at radius 3 is 3.14 bits per heavy atom. The number of hydrogen-bond donors (Lipinski definition) is 1. The molecule has 0 aliphatic heterocycles. The van der Waals surface area contributed by atoms with Gasteiger partial charge in [0.2, 0.25) is 5.91 Å². The number of thioether (sulfide) groups is 1. The summed E-state index contributed by atoms with van der Waals surface area (Å²) >= 11 is 3.58. The Hall–Kier alpha value is -0.480. The Morgan fingerprint density at radius 2 is 2.50 bits per heavy atom. The van der Waals surface area contributed by atoms with Crippen LogP contribution in [-0.2, 0) is 10.5 Å². The molecule has 0 saturated carbocycles. The monoisotopic (exact) mass is 229 g/mol. The number of rotatable bonds is 6. The van der Waals surface area contributed by atoms with Crippen LogP contribution in [0.2, 0.25) is 0 Å². The van der Waals surface area contributed by atoms with Gasteiger partial charge in [-0.05, 0) is 22.4 Å². The molecule has 78 valence electrons. The van der Waals surface area contributed by atoms with E-state index in [1.54, 1.807) is 11.3 Å². The van der Waals surface area contributed by atoms with Crippen LogP contribution in [0.3, 0.4) is 0 Å². The Morgan fingerprint density at radius 1 is 1.64 bits per heavy atom. The van der Waals surface area contributed by atoms with Gasteiger partial charge in [-0.15, -0.1) is 0 Å². The van der Waals surface area contributed by atoms with E-state index in [1.807, 2.05) is 18.7 Å². The highest BCUT2D eigenvalue weighted by atomic mass is 32.2. The summed E-state index contributed by atoms with van der Waals surface area (Å²) in [5.74, 6) is 2.17. The Balaban J connectivity index is 1.97. The quantitative estimate of drug-likeness (QED) is 0.759. The molecule has 2 nitrogen and oxygen atoms in total. The van der Waals surface area contributed by atoms with Gasteiger partial charge >= 0.3 is 0 Å². The first kappa shape index (κ1) is 11.6. The minimum Gasteiger partial charge on any atom is -0.355 e. The molecule has 1 N–H and O–H groups in total. The second-order valence-electron chi connectivity index (χ2n) is 2.89. The minimum absolute atomic E-state index is 0.140. The topological polar surface area (TPSA) is 29.1 Å². The standard InChI is InChI=1S/C10H15NOS2/c1-2-10(12)11-4-6-14-8-9-3-5-13-7-9/h3,5,7H,2,4,6,8H2,1H3,(H,11,12). The lowest BCUT2D eigenvalue weighted by Crippen LogP contribution is -2.24. The van der Waals surface area contributed by atoms with Gasteiger partial charge in [-0.1, -0.05) is 6.92 Å². The fourth-order valence-corrected chi connectivity index (χ4v) is 2.53. The largest absolute Gasteiger partial charge is 0.355 e. The molecule has 0 radical (unpaired) electrons. The lowest BCUT2D eigenvalue weighted by atomic mass is 10.4. The summed E-state index contributed by atoms with van der Waals surface area (Å²) in [6.07, 6.45) is 0.579. The molecule has 0 saturated heterocycles. The van der Waals surface area contributed by atoms with Crippen LogP contribution in [-0.4, -0.2) is 18.2 Å². The van der Waals surface area contributed by atoms with Crippen LogP contribution in [0.4, 0.5) is 0 Å². The highest BCUT2D eigenvalue weighted by molar-refractivity contribution is 7.98. The lowest BCUT2D eigenvalue weighted by molar-refractivity contribution is -0.120. The van der Waals surface area contributed by atoms with Crippen molar-refractivity contribution in [3.05, 3.63) is 22.4 Å². The molecule has 1 amide bonds. The van der Waals surface area contributed by atoms with Crippen molar-refractivity contribution in [3.8, 4) is 0 Å². The molecule has 14 heavy (non-hydrogen) atoms. The van der Waals surface area contributed by atoms with Crippen molar-refractivity contribution in [3.63, 3.8) is 0 Å². The molecule has 4 heteroatoms. The number of thiophene rings is 1. The van der Waals surface area contributed by atoms with E-state index < -0.39 is 0 Å². The van der Waals surface area contributed by atoms with Gasteiger partial charge in [-0.3, -0.25) is 4.79 Å². The molecule has 0 fully saturated rings. The first-order chi connectivity index (χ1) is 6.83. The number of amides is 1. The highest BCUT2D eigenvalue weighted by Crippen LogP contribution is 2.14. The molecule has 0 bridgehead atoms. The van der Waals surface area contributed by atoms with Crippen LogP contribution in [0.15, 0.2) is 16.8 Å². The van der Waals surface area contributed by atoms with Gasteiger partial charge in [0.1, 0.15) is 0 Å². The molecule has 1 aromatic heterocycles. The summed E-state index contributed by atoms with van der Waals surface area (Å²) in [4.78, 5) is 10.9. The first-order valence-electron chi connectivity index (χ1n) is 4.68. The van der Waals surface area contributed by atoms with Crippen LogP contribution < -0.4 is 5.32 Å².